The third kappa shape index (κ3) is 4.17. The molecular formula is C8H17NOV. The molecule has 2 nitrogen and oxygen atoms in total. The molecule has 1 aliphatic rings. The van der Waals surface area contributed by atoms with Crippen LogP contribution in [0.15, 0.2) is 0 Å². The Hall–Kier alpha value is 0.504. The number of hydrogen-bond donors (Lipinski definition) is 0. The van der Waals surface area contributed by atoms with Crippen molar-refractivity contribution in [1.82, 2.24) is 4.90 Å². The van der Waals surface area contributed by atoms with Crippen molar-refractivity contribution >= 4 is 0 Å². The fourth-order valence-electron chi connectivity index (χ4n) is 1.28. The van der Waals surface area contributed by atoms with Gasteiger partial charge in [0.25, 0.3) is 0 Å². The molecule has 0 aliphatic carbocycles. The maximum Gasteiger partial charge on any atom is 0.0593 e. The van der Waals surface area contributed by atoms with E-state index in [-0.39, 0.29) is 18.6 Å². The van der Waals surface area contributed by atoms with Gasteiger partial charge in [-0.1, -0.05) is 0 Å². The zero-order valence-corrected chi connectivity index (χ0v) is 8.81. The van der Waals surface area contributed by atoms with Gasteiger partial charge in [-0.3, -0.25) is 4.90 Å². The van der Waals surface area contributed by atoms with Crippen LogP contribution >= 0.6 is 0 Å². The van der Waals surface area contributed by atoms with E-state index in [1.807, 2.05) is 0 Å². The van der Waals surface area contributed by atoms with Crippen molar-refractivity contribution in [1.29, 1.82) is 0 Å². The van der Waals surface area contributed by atoms with E-state index in [2.05, 4.69) is 18.7 Å². The largest absolute Gasteiger partial charge is 0.380 e. The minimum absolute atomic E-state index is 0. The van der Waals surface area contributed by atoms with Crippen LogP contribution in [0.3, 0.4) is 0 Å². The molecule has 1 rings (SSSR count). The number of ether oxygens (including phenoxy) is 1. The topological polar surface area (TPSA) is 12.5 Å². The van der Waals surface area contributed by atoms with Crippen LogP contribution in [0.25, 0.3) is 0 Å². The number of nitrogens with zero attached hydrogens (tertiary/aromatic N) is 1. The Labute approximate surface area is 81.2 Å². The van der Waals surface area contributed by atoms with Gasteiger partial charge in [0, 0.05) is 44.3 Å². The standard InChI is InChI=1S/C8H17NO.V/c1-8(2)9-4-3-6-10-7-5-9;/h8H,3-7H2,1-2H3;. The fraction of sp³-hybridized carbons (Fsp3) is 1.00. The van der Waals surface area contributed by atoms with Crippen molar-refractivity contribution in [2.45, 2.75) is 26.3 Å². The molecule has 0 aromatic rings. The van der Waals surface area contributed by atoms with Gasteiger partial charge in [-0.2, -0.15) is 0 Å². The van der Waals surface area contributed by atoms with E-state index < -0.39 is 0 Å². The zero-order valence-electron chi connectivity index (χ0n) is 7.42. The molecule has 11 heavy (non-hydrogen) atoms. The molecule has 0 N–H and O–H groups in total. The molecule has 0 spiro atoms. The summed E-state index contributed by atoms with van der Waals surface area (Å²) in [5.41, 5.74) is 0. The molecule has 0 aromatic carbocycles. The molecule has 0 bridgehead atoms. The number of rotatable bonds is 1. The Balaban J connectivity index is 0.000001000. The van der Waals surface area contributed by atoms with Crippen molar-refractivity contribution in [2.75, 3.05) is 26.3 Å². The van der Waals surface area contributed by atoms with Crippen molar-refractivity contribution in [3.8, 4) is 0 Å². The summed E-state index contributed by atoms with van der Waals surface area (Å²) in [7, 11) is 0. The van der Waals surface area contributed by atoms with E-state index in [1.165, 1.54) is 13.0 Å². The molecule has 1 radical (unpaired) electrons. The molecule has 1 aliphatic heterocycles. The van der Waals surface area contributed by atoms with Gasteiger partial charge in [-0.25, -0.2) is 0 Å². The molecule has 3 heteroatoms. The average molecular weight is 194 g/mol. The van der Waals surface area contributed by atoms with Gasteiger partial charge in [0.2, 0.25) is 0 Å². The monoisotopic (exact) mass is 194 g/mol. The first-order chi connectivity index (χ1) is 4.80. The normalized spacial score (nSPS) is 21.0. The van der Waals surface area contributed by atoms with E-state index in [0.29, 0.717) is 6.04 Å². The van der Waals surface area contributed by atoms with Gasteiger partial charge in [-0.15, -0.1) is 0 Å². The summed E-state index contributed by atoms with van der Waals surface area (Å²) >= 11 is 0. The van der Waals surface area contributed by atoms with E-state index in [1.54, 1.807) is 0 Å². The van der Waals surface area contributed by atoms with E-state index in [4.69, 9.17) is 4.74 Å². The van der Waals surface area contributed by atoms with E-state index in [9.17, 15) is 0 Å². The first kappa shape index (κ1) is 11.5. The Bertz CT molecular complexity index is 90.1. The van der Waals surface area contributed by atoms with Gasteiger partial charge in [0.05, 0.1) is 6.61 Å². The van der Waals surface area contributed by atoms with Crippen LogP contribution in [0.2, 0.25) is 0 Å². The molecular weight excluding hydrogens is 177 g/mol. The van der Waals surface area contributed by atoms with E-state index in [0.717, 1.165) is 19.8 Å². The predicted molar refractivity (Wildman–Crippen MR) is 42.1 cm³/mol. The summed E-state index contributed by atoms with van der Waals surface area (Å²) < 4.78 is 5.33. The Kier molecular flexibility index (Phi) is 6.35. The quantitative estimate of drug-likeness (QED) is 0.620. The Morgan fingerprint density at radius 3 is 2.55 bits per heavy atom. The smallest absolute Gasteiger partial charge is 0.0593 e. The molecule has 0 aromatic heterocycles. The zero-order chi connectivity index (χ0) is 7.40. The van der Waals surface area contributed by atoms with Crippen LogP contribution in [-0.4, -0.2) is 37.2 Å². The summed E-state index contributed by atoms with van der Waals surface area (Å²) in [5.74, 6) is 0. The van der Waals surface area contributed by atoms with Crippen LogP contribution in [0, 0.1) is 0 Å². The fourth-order valence-corrected chi connectivity index (χ4v) is 1.28. The van der Waals surface area contributed by atoms with Crippen LogP contribution < -0.4 is 0 Å². The van der Waals surface area contributed by atoms with Gasteiger partial charge < -0.3 is 4.74 Å². The van der Waals surface area contributed by atoms with E-state index >= 15 is 0 Å². The van der Waals surface area contributed by atoms with Crippen LogP contribution in [0.5, 0.6) is 0 Å². The second kappa shape index (κ2) is 6.07. The van der Waals surface area contributed by atoms with Crippen molar-refractivity contribution in [3.05, 3.63) is 0 Å². The molecule has 1 fully saturated rings. The summed E-state index contributed by atoms with van der Waals surface area (Å²) in [6.07, 6.45) is 1.19. The Morgan fingerprint density at radius 2 is 1.91 bits per heavy atom. The minimum Gasteiger partial charge on any atom is -0.380 e. The van der Waals surface area contributed by atoms with Gasteiger partial charge >= 0.3 is 0 Å². The molecule has 1 saturated heterocycles. The SMILES string of the molecule is CC(C)N1CCCOCC1.[V]. The maximum atomic E-state index is 5.33. The number of hydrogen-bond acceptors (Lipinski definition) is 2. The maximum absolute atomic E-state index is 5.33. The van der Waals surface area contributed by atoms with Crippen molar-refractivity contribution in [2.24, 2.45) is 0 Å². The summed E-state index contributed by atoms with van der Waals surface area (Å²) in [4.78, 5) is 2.47. The van der Waals surface area contributed by atoms with Crippen molar-refractivity contribution in [3.63, 3.8) is 0 Å². The third-order valence-corrected chi connectivity index (χ3v) is 1.99. The second-order valence-electron chi connectivity index (χ2n) is 3.10. The van der Waals surface area contributed by atoms with Crippen LogP contribution in [-0.2, 0) is 23.3 Å². The summed E-state index contributed by atoms with van der Waals surface area (Å²) in [6.45, 7) is 8.66. The van der Waals surface area contributed by atoms with Crippen LogP contribution in [0.1, 0.15) is 20.3 Å². The molecule has 0 saturated carbocycles. The van der Waals surface area contributed by atoms with Crippen LogP contribution in [0.4, 0.5) is 0 Å². The molecule has 65 valence electrons. The third-order valence-electron chi connectivity index (χ3n) is 1.99. The van der Waals surface area contributed by atoms with Crippen molar-refractivity contribution < 1.29 is 23.3 Å². The molecule has 0 unspecified atom stereocenters. The summed E-state index contributed by atoms with van der Waals surface area (Å²) in [5, 5.41) is 0. The average Bonchev–Trinajstić information content (AvgIpc) is 2.12. The first-order valence-electron chi connectivity index (χ1n) is 4.12. The predicted octanol–water partition coefficient (Wildman–Crippen LogP) is 1.11. The molecule has 1 heterocycles. The molecule has 0 amide bonds. The van der Waals surface area contributed by atoms with Gasteiger partial charge in [0.15, 0.2) is 0 Å². The second-order valence-corrected chi connectivity index (χ2v) is 3.10. The van der Waals surface area contributed by atoms with Gasteiger partial charge in [0.1, 0.15) is 0 Å². The molecule has 0 atom stereocenters. The first-order valence-corrected chi connectivity index (χ1v) is 4.12. The minimum atomic E-state index is 0. The van der Waals surface area contributed by atoms with Gasteiger partial charge in [-0.05, 0) is 20.3 Å². The summed E-state index contributed by atoms with van der Waals surface area (Å²) in [6, 6.07) is 0.682. The Morgan fingerprint density at radius 1 is 1.18 bits per heavy atom.